The number of amides is 1. The fourth-order valence-electron chi connectivity index (χ4n) is 3.22. The Morgan fingerprint density at radius 3 is 2.42 bits per heavy atom. The molecule has 1 aliphatic rings. The van der Waals surface area contributed by atoms with Gasteiger partial charge in [-0.3, -0.25) is 9.69 Å². The van der Waals surface area contributed by atoms with Crippen LogP contribution in [-0.2, 0) is 4.79 Å². The van der Waals surface area contributed by atoms with Crippen molar-refractivity contribution in [2.45, 2.75) is 13.0 Å². The van der Waals surface area contributed by atoms with E-state index in [4.69, 9.17) is 0 Å². The van der Waals surface area contributed by atoms with Crippen molar-refractivity contribution >= 4 is 27.5 Å². The first-order chi connectivity index (χ1) is 12.5. The van der Waals surface area contributed by atoms with Gasteiger partial charge in [-0.25, -0.2) is 0 Å². The Morgan fingerprint density at radius 2 is 1.77 bits per heavy atom. The van der Waals surface area contributed by atoms with E-state index in [1.807, 2.05) is 43.3 Å². The molecule has 0 saturated carbocycles. The van der Waals surface area contributed by atoms with Crippen LogP contribution in [0.25, 0.3) is 0 Å². The quantitative estimate of drug-likeness (QED) is 0.784. The van der Waals surface area contributed by atoms with Crippen LogP contribution < -0.4 is 10.2 Å². The van der Waals surface area contributed by atoms with Gasteiger partial charge in [0.2, 0.25) is 5.91 Å². The Balaban J connectivity index is 1.47. The SMILES string of the molecule is C[C@@H](NC(=O)CN1CCN(c2ccc(O)cc2)CC1)c1ccccc1Br. The normalized spacial score (nSPS) is 16.3. The summed E-state index contributed by atoms with van der Waals surface area (Å²) in [4.78, 5) is 16.8. The van der Waals surface area contributed by atoms with Crippen molar-refractivity contribution in [3.8, 4) is 5.75 Å². The molecule has 0 spiro atoms. The highest BCUT2D eigenvalue weighted by atomic mass is 79.9. The summed E-state index contributed by atoms with van der Waals surface area (Å²) in [6, 6.07) is 15.2. The Bertz CT molecular complexity index is 743. The zero-order valence-corrected chi connectivity index (χ0v) is 16.4. The summed E-state index contributed by atoms with van der Waals surface area (Å²) in [5.74, 6) is 0.328. The van der Waals surface area contributed by atoms with Crippen LogP contribution in [0.15, 0.2) is 53.0 Å². The number of aromatic hydroxyl groups is 1. The van der Waals surface area contributed by atoms with Gasteiger partial charge < -0.3 is 15.3 Å². The van der Waals surface area contributed by atoms with Crippen LogP contribution in [0.4, 0.5) is 5.69 Å². The zero-order chi connectivity index (χ0) is 18.5. The van der Waals surface area contributed by atoms with Crippen LogP contribution in [-0.4, -0.2) is 48.6 Å². The van der Waals surface area contributed by atoms with E-state index >= 15 is 0 Å². The van der Waals surface area contributed by atoms with Gasteiger partial charge in [-0.1, -0.05) is 34.1 Å². The lowest BCUT2D eigenvalue weighted by Crippen LogP contribution is -2.49. The molecule has 0 aromatic heterocycles. The third-order valence-electron chi connectivity index (χ3n) is 4.70. The smallest absolute Gasteiger partial charge is 0.234 e. The summed E-state index contributed by atoms with van der Waals surface area (Å²) in [5, 5.41) is 12.5. The van der Waals surface area contributed by atoms with Crippen molar-refractivity contribution in [3.05, 3.63) is 58.6 Å². The van der Waals surface area contributed by atoms with Crippen molar-refractivity contribution in [2.75, 3.05) is 37.6 Å². The summed E-state index contributed by atoms with van der Waals surface area (Å²) >= 11 is 3.54. The molecule has 0 bridgehead atoms. The van der Waals surface area contributed by atoms with Crippen molar-refractivity contribution in [3.63, 3.8) is 0 Å². The van der Waals surface area contributed by atoms with E-state index in [1.165, 1.54) is 0 Å². The second-order valence-corrected chi connectivity index (χ2v) is 7.44. The van der Waals surface area contributed by atoms with Crippen LogP contribution >= 0.6 is 15.9 Å². The number of carbonyl (C=O) groups is 1. The van der Waals surface area contributed by atoms with E-state index in [0.29, 0.717) is 6.54 Å². The molecule has 3 rings (SSSR count). The van der Waals surface area contributed by atoms with Gasteiger partial charge in [-0.2, -0.15) is 0 Å². The van der Waals surface area contributed by atoms with Crippen LogP contribution in [0.5, 0.6) is 5.75 Å². The van der Waals surface area contributed by atoms with E-state index in [9.17, 15) is 9.90 Å². The zero-order valence-electron chi connectivity index (χ0n) is 14.9. The molecular weight excluding hydrogens is 394 g/mol. The second-order valence-electron chi connectivity index (χ2n) is 6.59. The Hall–Kier alpha value is -2.05. The molecule has 1 fully saturated rings. The molecule has 1 amide bonds. The third-order valence-corrected chi connectivity index (χ3v) is 5.43. The molecule has 0 radical (unpaired) electrons. The second kappa shape index (κ2) is 8.56. The number of nitrogens with zero attached hydrogens (tertiary/aromatic N) is 2. The fourth-order valence-corrected chi connectivity index (χ4v) is 3.85. The lowest BCUT2D eigenvalue weighted by atomic mass is 10.1. The highest BCUT2D eigenvalue weighted by Gasteiger charge is 2.20. The fraction of sp³-hybridized carbons (Fsp3) is 0.350. The number of hydrogen-bond acceptors (Lipinski definition) is 4. The van der Waals surface area contributed by atoms with E-state index in [2.05, 4.69) is 31.0 Å². The largest absolute Gasteiger partial charge is 0.508 e. The molecule has 1 atom stereocenters. The van der Waals surface area contributed by atoms with Crippen molar-refractivity contribution in [2.24, 2.45) is 0 Å². The number of carbonyl (C=O) groups excluding carboxylic acids is 1. The van der Waals surface area contributed by atoms with E-state index in [1.54, 1.807) is 12.1 Å². The molecule has 2 aromatic rings. The van der Waals surface area contributed by atoms with Gasteiger partial charge >= 0.3 is 0 Å². The maximum absolute atomic E-state index is 12.4. The van der Waals surface area contributed by atoms with Gasteiger partial charge in [-0.05, 0) is 42.8 Å². The molecule has 5 nitrogen and oxygen atoms in total. The van der Waals surface area contributed by atoms with Crippen molar-refractivity contribution in [1.82, 2.24) is 10.2 Å². The number of halogens is 1. The number of benzene rings is 2. The maximum atomic E-state index is 12.4. The Labute approximate surface area is 162 Å². The average molecular weight is 418 g/mol. The van der Waals surface area contributed by atoms with Crippen LogP contribution in [0.3, 0.4) is 0 Å². The average Bonchev–Trinajstić information content (AvgIpc) is 2.63. The van der Waals surface area contributed by atoms with Gasteiger partial charge in [0.05, 0.1) is 12.6 Å². The van der Waals surface area contributed by atoms with E-state index in [0.717, 1.165) is 41.9 Å². The lowest BCUT2D eigenvalue weighted by molar-refractivity contribution is -0.123. The van der Waals surface area contributed by atoms with Crippen LogP contribution in [0, 0.1) is 0 Å². The first kappa shape index (κ1) is 18.7. The number of hydrogen-bond donors (Lipinski definition) is 2. The molecule has 26 heavy (non-hydrogen) atoms. The predicted molar refractivity (Wildman–Crippen MR) is 107 cm³/mol. The molecule has 0 unspecified atom stereocenters. The molecule has 138 valence electrons. The van der Waals surface area contributed by atoms with Crippen LogP contribution in [0.2, 0.25) is 0 Å². The van der Waals surface area contributed by atoms with Crippen LogP contribution in [0.1, 0.15) is 18.5 Å². The summed E-state index contributed by atoms with van der Waals surface area (Å²) in [6.45, 7) is 5.85. The van der Waals surface area contributed by atoms with Gasteiger partial charge in [0.25, 0.3) is 0 Å². The number of phenols is 1. The van der Waals surface area contributed by atoms with Gasteiger partial charge in [-0.15, -0.1) is 0 Å². The van der Waals surface area contributed by atoms with E-state index < -0.39 is 0 Å². The van der Waals surface area contributed by atoms with Crippen molar-refractivity contribution in [1.29, 1.82) is 0 Å². The molecule has 0 aliphatic carbocycles. The number of phenolic OH excluding ortho intramolecular Hbond substituents is 1. The summed E-state index contributed by atoms with van der Waals surface area (Å²) in [7, 11) is 0. The molecule has 1 aliphatic heterocycles. The van der Waals surface area contributed by atoms with Gasteiger partial charge in [0.1, 0.15) is 5.75 Å². The summed E-state index contributed by atoms with van der Waals surface area (Å²) < 4.78 is 1.01. The topological polar surface area (TPSA) is 55.8 Å². The minimum Gasteiger partial charge on any atom is -0.508 e. The molecule has 6 heteroatoms. The minimum absolute atomic E-state index is 0.0311. The van der Waals surface area contributed by atoms with Crippen molar-refractivity contribution < 1.29 is 9.90 Å². The predicted octanol–water partition coefficient (Wildman–Crippen LogP) is 3.15. The Morgan fingerprint density at radius 1 is 1.12 bits per heavy atom. The summed E-state index contributed by atoms with van der Waals surface area (Å²) in [6.07, 6.45) is 0. The molecule has 1 saturated heterocycles. The highest BCUT2D eigenvalue weighted by Crippen LogP contribution is 2.23. The number of rotatable bonds is 5. The first-order valence-electron chi connectivity index (χ1n) is 8.83. The molecular formula is C20H24BrN3O2. The summed E-state index contributed by atoms with van der Waals surface area (Å²) in [5.41, 5.74) is 2.19. The molecule has 2 aromatic carbocycles. The minimum atomic E-state index is -0.0311. The number of anilines is 1. The first-order valence-corrected chi connectivity index (χ1v) is 9.62. The number of piperazine rings is 1. The molecule has 2 N–H and O–H groups in total. The van der Waals surface area contributed by atoms with Gasteiger partial charge in [0, 0.05) is 36.3 Å². The lowest BCUT2D eigenvalue weighted by Gasteiger charge is -2.35. The third kappa shape index (κ3) is 4.77. The van der Waals surface area contributed by atoms with Gasteiger partial charge in [0.15, 0.2) is 0 Å². The highest BCUT2D eigenvalue weighted by molar-refractivity contribution is 9.10. The number of nitrogens with one attached hydrogen (secondary N) is 1. The monoisotopic (exact) mass is 417 g/mol. The van der Waals surface area contributed by atoms with E-state index in [-0.39, 0.29) is 17.7 Å². The Kier molecular flexibility index (Phi) is 6.16. The molecule has 1 heterocycles. The standard InChI is InChI=1S/C20H24BrN3O2/c1-15(18-4-2-3-5-19(18)21)22-20(26)14-23-10-12-24(13-11-23)16-6-8-17(25)9-7-16/h2-9,15,25H,10-14H2,1H3,(H,22,26)/t15-/m1/s1. The maximum Gasteiger partial charge on any atom is 0.234 e.